The summed E-state index contributed by atoms with van der Waals surface area (Å²) in [7, 11) is 0. The van der Waals surface area contributed by atoms with E-state index in [1.54, 1.807) is 25.3 Å². The maximum atomic E-state index is 13.4. The number of aromatic nitrogens is 3. The fraction of sp³-hybridized carbons (Fsp3) is 0.480. The molecule has 0 spiro atoms. The molecule has 1 aromatic carbocycles. The number of aliphatic hydroxyl groups is 2. The topological polar surface area (TPSA) is 126 Å². The summed E-state index contributed by atoms with van der Waals surface area (Å²) in [6, 6.07) is 5.27. The Morgan fingerprint density at radius 3 is 2.62 bits per heavy atom. The number of ether oxygens (including phenoxy) is 1. The summed E-state index contributed by atoms with van der Waals surface area (Å²) in [6.45, 7) is 2.85. The first-order valence-electron chi connectivity index (χ1n) is 12.0. The van der Waals surface area contributed by atoms with E-state index in [2.05, 4.69) is 10.1 Å². The maximum absolute atomic E-state index is 13.4. The molecule has 0 bridgehead atoms. The van der Waals surface area contributed by atoms with Crippen LogP contribution in [0.15, 0.2) is 30.6 Å². The van der Waals surface area contributed by atoms with Crippen molar-refractivity contribution in [2.75, 3.05) is 24.6 Å². The predicted molar refractivity (Wildman–Crippen MR) is 128 cm³/mol. The number of hydrogen-bond donors (Lipinski definition) is 3. The lowest BCUT2D eigenvalue weighted by Gasteiger charge is -2.41. The van der Waals surface area contributed by atoms with Gasteiger partial charge < -0.3 is 25.6 Å². The summed E-state index contributed by atoms with van der Waals surface area (Å²) in [6.07, 6.45) is -0.945. The van der Waals surface area contributed by atoms with Crippen LogP contribution >= 0.6 is 0 Å². The number of hydrogen-bond acceptors (Lipinski definition) is 7. The highest BCUT2D eigenvalue weighted by molar-refractivity contribution is 6.06. The summed E-state index contributed by atoms with van der Waals surface area (Å²) < 4.78 is 47.8. The van der Waals surface area contributed by atoms with Crippen LogP contribution in [0.2, 0.25) is 0 Å². The lowest BCUT2D eigenvalue weighted by Crippen LogP contribution is -2.52. The van der Waals surface area contributed by atoms with E-state index in [1.807, 2.05) is 11.0 Å². The van der Waals surface area contributed by atoms with Gasteiger partial charge >= 0.3 is 6.18 Å². The van der Waals surface area contributed by atoms with Gasteiger partial charge in [-0.15, -0.1) is 0 Å². The molecule has 198 valence electrons. The number of carbonyl (C=O) groups excluding carboxylic acids is 1. The number of rotatable bonds is 5. The molecule has 9 nitrogen and oxygen atoms in total. The van der Waals surface area contributed by atoms with Crippen LogP contribution in [-0.4, -0.2) is 67.8 Å². The largest absolute Gasteiger partial charge is 0.484 e. The number of fused-ring (bicyclic) bond motifs is 2. The number of piperidine rings is 1. The Bertz CT molecular complexity index is 1360. The van der Waals surface area contributed by atoms with E-state index in [9.17, 15) is 28.2 Å². The minimum absolute atomic E-state index is 0.105. The SMILES string of the molecule is C[C@@]1(CO)Cc2cc(-c3nn4cccnc4c3C(N)=O)c(N3CCC([C@](C)(O)C(F)(F)F)CC3)cc2O1. The van der Waals surface area contributed by atoms with Crippen LogP contribution in [0.3, 0.4) is 0 Å². The number of amides is 1. The van der Waals surface area contributed by atoms with Crippen molar-refractivity contribution in [3.8, 4) is 17.0 Å². The second kappa shape index (κ2) is 8.59. The predicted octanol–water partition coefficient (Wildman–Crippen LogP) is 2.71. The van der Waals surface area contributed by atoms with Gasteiger partial charge in [-0.05, 0) is 50.3 Å². The molecular weight excluding hydrogens is 491 g/mol. The molecule has 0 radical (unpaired) electrons. The Morgan fingerprint density at radius 2 is 2.00 bits per heavy atom. The van der Waals surface area contributed by atoms with Crippen molar-refractivity contribution in [1.29, 1.82) is 0 Å². The van der Waals surface area contributed by atoms with E-state index in [4.69, 9.17) is 10.5 Å². The number of nitrogens with zero attached hydrogens (tertiary/aromatic N) is 4. The van der Waals surface area contributed by atoms with Crippen molar-refractivity contribution in [3.63, 3.8) is 0 Å². The van der Waals surface area contributed by atoms with Gasteiger partial charge in [0.15, 0.2) is 11.2 Å². The first kappa shape index (κ1) is 25.3. The Labute approximate surface area is 210 Å². The normalized spacial score (nSPS) is 22.1. The standard InChI is InChI=1S/C25H28F3N5O4/c1-23(13-34)12-14-10-16(20-19(21(29)35)22-30-6-3-7-33(22)31-20)17(11-18(14)37-23)32-8-4-15(5-9-32)24(2,36)25(26,27)28/h3,6-7,10-11,15,34,36H,4-5,8-9,12-13H2,1-2H3,(H2,29,35)/t23-,24-/m0/s1. The van der Waals surface area contributed by atoms with Crippen LogP contribution in [0.5, 0.6) is 5.75 Å². The second-order valence-electron chi connectivity index (χ2n) is 10.2. The lowest BCUT2D eigenvalue weighted by molar-refractivity contribution is -0.273. The van der Waals surface area contributed by atoms with Crippen molar-refractivity contribution in [2.45, 2.75) is 50.5 Å². The van der Waals surface area contributed by atoms with E-state index in [1.165, 1.54) is 10.7 Å². The molecule has 2 atom stereocenters. The van der Waals surface area contributed by atoms with Gasteiger partial charge in [0.1, 0.15) is 22.6 Å². The molecule has 1 saturated heterocycles. The Kier molecular flexibility index (Phi) is 5.87. The van der Waals surface area contributed by atoms with Gasteiger partial charge in [-0.1, -0.05) is 0 Å². The third kappa shape index (κ3) is 4.17. The molecule has 3 aromatic rings. The van der Waals surface area contributed by atoms with Gasteiger partial charge in [0.05, 0.1) is 6.61 Å². The number of alkyl halides is 3. The molecule has 5 rings (SSSR count). The van der Waals surface area contributed by atoms with Gasteiger partial charge in [-0.25, -0.2) is 9.50 Å². The molecule has 0 saturated carbocycles. The average molecular weight is 520 g/mol. The molecule has 0 aliphatic carbocycles. The van der Waals surface area contributed by atoms with Crippen LogP contribution in [0, 0.1) is 5.92 Å². The number of nitrogens with two attached hydrogens (primary N) is 1. The number of halogens is 3. The first-order chi connectivity index (χ1) is 17.3. The summed E-state index contributed by atoms with van der Waals surface area (Å²) in [5.74, 6) is -1.13. The number of carbonyl (C=O) groups is 1. The van der Waals surface area contributed by atoms with Crippen LogP contribution < -0.4 is 15.4 Å². The highest BCUT2D eigenvalue weighted by Crippen LogP contribution is 2.46. The zero-order valence-corrected chi connectivity index (χ0v) is 20.4. The first-order valence-corrected chi connectivity index (χ1v) is 12.0. The quantitative estimate of drug-likeness (QED) is 0.473. The molecule has 0 unspecified atom stereocenters. The van der Waals surface area contributed by atoms with Crippen molar-refractivity contribution < 1.29 is 32.9 Å². The fourth-order valence-corrected chi connectivity index (χ4v) is 5.31. The van der Waals surface area contributed by atoms with Crippen LogP contribution in [0.4, 0.5) is 18.9 Å². The third-order valence-corrected chi connectivity index (χ3v) is 7.54. The molecule has 1 amide bonds. The van der Waals surface area contributed by atoms with Crippen molar-refractivity contribution >= 4 is 17.2 Å². The molecule has 12 heteroatoms. The summed E-state index contributed by atoms with van der Waals surface area (Å²) in [5.41, 5.74) is 4.79. The molecular formula is C25H28F3N5O4. The Morgan fingerprint density at radius 1 is 1.30 bits per heavy atom. The molecule has 2 aromatic heterocycles. The number of aliphatic hydroxyl groups excluding tert-OH is 1. The van der Waals surface area contributed by atoms with Crippen molar-refractivity contribution in [2.24, 2.45) is 11.7 Å². The number of benzene rings is 1. The van der Waals surface area contributed by atoms with E-state index in [0.717, 1.165) is 12.5 Å². The summed E-state index contributed by atoms with van der Waals surface area (Å²) in [4.78, 5) is 18.7. The minimum atomic E-state index is -4.74. The molecule has 4 heterocycles. The lowest BCUT2D eigenvalue weighted by atomic mass is 9.81. The van der Waals surface area contributed by atoms with Gasteiger partial charge in [-0.3, -0.25) is 4.79 Å². The second-order valence-corrected chi connectivity index (χ2v) is 10.2. The molecule has 37 heavy (non-hydrogen) atoms. The summed E-state index contributed by atoms with van der Waals surface area (Å²) >= 11 is 0. The van der Waals surface area contributed by atoms with Crippen LogP contribution in [-0.2, 0) is 6.42 Å². The van der Waals surface area contributed by atoms with E-state index in [-0.39, 0.29) is 43.7 Å². The minimum Gasteiger partial charge on any atom is -0.484 e. The van der Waals surface area contributed by atoms with Gasteiger partial charge in [-0.2, -0.15) is 18.3 Å². The van der Waals surface area contributed by atoms with E-state index < -0.39 is 29.2 Å². The number of primary amides is 1. The zero-order valence-electron chi connectivity index (χ0n) is 20.4. The molecule has 1 fully saturated rings. The monoisotopic (exact) mass is 519 g/mol. The van der Waals surface area contributed by atoms with Gasteiger partial charge in [0, 0.05) is 49.2 Å². The Hall–Kier alpha value is -3.38. The van der Waals surface area contributed by atoms with Crippen LogP contribution in [0.1, 0.15) is 42.6 Å². The molecule has 4 N–H and O–H groups in total. The van der Waals surface area contributed by atoms with Gasteiger partial charge in [0.25, 0.3) is 5.91 Å². The van der Waals surface area contributed by atoms with Crippen LogP contribution in [0.25, 0.3) is 16.9 Å². The van der Waals surface area contributed by atoms with Gasteiger partial charge in [0.2, 0.25) is 0 Å². The van der Waals surface area contributed by atoms with Crippen molar-refractivity contribution in [3.05, 3.63) is 41.7 Å². The third-order valence-electron chi connectivity index (χ3n) is 7.54. The molecule has 2 aliphatic rings. The Balaban J connectivity index is 1.60. The zero-order chi connectivity index (χ0) is 26.8. The van der Waals surface area contributed by atoms with Crippen molar-refractivity contribution in [1.82, 2.24) is 14.6 Å². The van der Waals surface area contributed by atoms with E-state index >= 15 is 0 Å². The average Bonchev–Trinajstić information content (AvgIpc) is 3.40. The highest BCUT2D eigenvalue weighted by Gasteiger charge is 2.55. The van der Waals surface area contributed by atoms with E-state index in [0.29, 0.717) is 29.1 Å². The fourth-order valence-electron chi connectivity index (χ4n) is 5.31. The smallest absolute Gasteiger partial charge is 0.417 e. The summed E-state index contributed by atoms with van der Waals surface area (Å²) in [5, 5.41) is 24.6. The highest BCUT2D eigenvalue weighted by atomic mass is 19.4. The number of anilines is 1. The maximum Gasteiger partial charge on any atom is 0.417 e. The molecule has 2 aliphatic heterocycles.